The minimum atomic E-state index is -0.534. The van der Waals surface area contributed by atoms with Gasteiger partial charge in [-0.2, -0.15) is 10.1 Å². The van der Waals surface area contributed by atoms with Crippen LogP contribution in [0, 0.1) is 12.3 Å². The fourth-order valence-corrected chi connectivity index (χ4v) is 4.42. The summed E-state index contributed by atoms with van der Waals surface area (Å²) < 4.78 is 0. The lowest BCUT2D eigenvalue weighted by atomic mass is 9.68. The van der Waals surface area contributed by atoms with Crippen molar-refractivity contribution >= 4 is 23.2 Å². The van der Waals surface area contributed by atoms with Crippen molar-refractivity contribution < 1.29 is 9.59 Å². The second-order valence-corrected chi connectivity index (χ2v) is 7.90. The summed E-state index contributed by atoms with van der Waals surface area (Å²) >= 11 is 0. The number of aryl methyl sites for hydroxylation is 1. The Morgan fingerprint density at radius 3 is 2.59 bits per heavy atom. The van der Waals surface area contributed by atoms with Crippen LogP contribution in [0.3, 0.4) is 0 Å². The highest BCUT2D eigenvalue weighted by atomic mass is 16.2. The van der Waals surface area contributed by atoms with E-state index in [2.05, 4.69) is 22.3 Å². The van der Waals surface area contributed by atoms with Crippen LogP contribution in [0.2, 0.25) is 0 Å². The number of rotatable bonds is 4. The Hall–Kier alpha value is -3.02. The summed E-state index contributed by atoms with van der Waals surface area (Å²) in [6.45, 7) is 4.00. The second-order valence-electron chi connectivity index (χ2n) is 7.90. The molecule has 2 amide bonds. The SMILES string of the molecule is CCC1=NN(c2ccccc2)C(=O)C12CCC(NC(=O)c1cc(C)ccn1)CC2. The Kier molecular flexibility index (Phi) is 5.18. The molecule has 1 aromatic carbocycles. The van der Waals surface area contributed by atoms with Gasteiger partial charge in [0.05, 0.1) is 16.8 Å². The van der Waals surface area contributed by atoms with E-state index < -0.39 is 5.41 Å². The highest BCUT2D eigenvalue weighted by molar-refractivity contribution is 6.19. The molecule has 2 heterocycles. The molecular formula is C23H26N4O2. The molecule has 150 valence electrons. The number of amides is 2. The van der Waals surface area contributed by atoms with Gasteiger partial charge in [-0.3, -0.25) is 14.6 Å². The number of carbonyl (C=O) groups is 2. The average Bonchev–Trinajstić information content (AvgIpc) is 3.02. The normalized spacial score (nSPS) is 23.9. The second kappa shape index (κ2) is 7.78. The van der Waals surface area contributed by atoms with Crippen LogP contribution in [0.1, 0.15) is 55.1 Å². The first kappa shape index (κ1) is 19.3. The molecular weight excluding hydrogens is 364 g/mol. The van der Waals surface area contributed by atoms with Crippen molar-refractivity contribution in [3.05, 3.63) is 59.9 Å². The van der Waals surface area contributed by atoms with Gasteiger partial charge in [0.25, 0.3) is 11.8 Å². The first-order chi connectivity index (χ1) is 14.0. The van der Waals surface area contributed by atoms with Gasteiger partial charge in [-0.1, -0.05) is 25.1 Å². The molecule has 1 aliphatic carbocycles. The minimum Gasteiger partial charge on any atom is -0.348 e. The third-order valence-corrected chi connectivity index (χ3v) is 6.03. The minimum absolute atomic E-state index is 0.0483. The van der Waals surface area contributed by atoms with E-state index in [4.69, 9.17) is 0 Å². The average molecular weight is 390 g/mol. The summed E-state index contributed by atoms with van der Waals surface area (Å²) in [6.07, 6.45) is 5.32. The lowest BCUT2D eigenvalue weighted by molar-refractivity contribution is -0.125. The van der Waals surface area contributed by atoms with E-state index in [0.717, 1.165) is 36.2 Å². The summed E-state index contributed by atoms with van der Waals surface area (Å²) in [5.41, 5.74) is 2.67. The number of hydrogen-bond acceptors (Lipinski definition) is 4. The van der Waals surface area contributed by atoms with Crippen LogP contribution >= 0.6 is 0 Å². The van der Waals surface area contributed by atoms with E-state index in [-0.39, 0.29) is 17.9 Å². The van der Waals surface area contributed by atoms with Crippen LogP contribution in [-0.2, 0) is 4.79 Å². The number of hydrogen-bond donors (Lipinski definition) is 1. The Morgan fingerprint density at radius 2 is 1.93 bits per heavy atom. The molecule has 1 fully saturated rings. The Bertz CT molecular complexity index is 946. The molecule has 1 saturated carbocycles. The summed E-state index contributed by atoms with van der Waals surface area (Å²) in [4.78, 5) is 30.0. The Labute approximate surface area is 171 Å². The molecule has 1 spiro atoms. The molecule has 0 bridgehead atoms. The van der Waals surface area contributed by atoms with Gasteiger partial charge in [-0.05, 0) is 68.9 Å². The molecule has 0 atom stereocenters. The molecule has 1 aliphatic heterocycles. The highest BCUT2D eigenvalue weighted by Crippen LogP contribution is 2.45. The third kappa shape index (κ3) is 3.55. The number of hydrazone groups is 1. The number of para-hydroxylation sites is 1. The first-order valence-electron chi connectivity index (χ1n) is 10.2. The monoisotopic (exact) mass is 390 g/mol. The van der Waals surface area contributed by atoms with Crippen LogP contribution in [-0.4, -0.2) is 28.6 Å². The fourth-order valence-electron chi connectivity index (χ4n) is 4.42. The summed E-state index contributed by atoms with van der Waals surface area (Å²) in [7, 11) is 0. The van der Waals surface area contributed by atoms with Gasteiger partial charge in [0.1, 0.15) is 5.69 Å². The van der Waals surface area contributed by atoms with E-state index in [1.54, 1.807) is 17.3 Å². The van der Waals surface area contributed by atoms with Crippen LogP contribution in [0.15, 0.2) is 53.8 Å². The zero-order valence-electron chi connectivity index (χ0n) is 16.9. The summed E-state index contributed by atoms with van der Waals surface area (Å²) in [5, 5.41) is 9.34. The molecule has 4 rings (SSSR count). The standard InChI is InChI=1S/C23H26N4O2/c1-3-20-23(22(29)27(26-20)18-7-5-4-6-8-18)12-9-17(10-13-23)25-21(28)19-15-16(2)11-14-24-19/h4-8,11,14-15,17H,3,9-10,12-13H2,1-2H3,(H,25,28). The zero-order valence-corrected chi connectivity index (χ0v) is 16.9. The van der Waals surface area contributed by atoms with E-state index >= 15 is 0 Å². The van der Waals surface area contributed by atoms with Crippen molar-refractivity contribution in [2.24, 2.45) is 10.5 Å². The third-order valence-electron chi connectivity index (χ3n) is 6.03. The molecule has 1 aromatic heterocycles. The highest BCUT2D eigenvalue weighted by Gasteiger charge is 2.52. The number of aromatic nitrogens is 1. The zero-order chi connectivity index (χ0) is 20.4. The van der Waals surface area contributed by atoms with Gasteiger partial charge in [0.15, 0.2) is 0 Å². The molecule has 29 heavy (non-hydrogen) atoms. The summed E-state index contributed by atoms with van der Waals surface area (Å²) in [5.74, 6) is -0.0895. The van der Waals surface area contributed by atoms with Crippen LogP contribution in [0.25, 0.3) is 0 Å². The molecule has 2 aromatic rings. The van der Waals surface area contributed by atoms with Gasteiger partial charge in [0.2, 0.25) is 0 Å². The van der Waals surface area contributed by atoms with Gasteiger partial charge in [-0.15, -0.1) is 0 Å². The number of benzene rings is 1. The topological polar surface area (TPSA) is 74.7 Å². The fraction of sp³-hybridized carbons (Fsp3) is 0.391. The number of nitrogens with one attached hydrogen (secondary N) is 1. The van der Waals surface area contributed by atoms with E-state index in [0.29, 0.717) is 18.5 Å². The first-order valence-corrected chi connectivity index (χ1v) is 10.2. The summed E-state index contributed by atoms with van der Waals surface area (Å²) in [6, 6.07) is 13.3. The van der Waals surface area contributed by atoms with Gasteiger partial charge >= 0.3 is 0 Å². The molecule has 6 heteroatoms. The van der Waals surface area contributed by atoms with Crippen molar-refractivity contribution in [3.8, 4) is 0 Å². The van der Waals surface area contributed by atoms with Crippen LogP contribution < -0.4 is 10.3 Å². The van der Waals surface area contributed by atoms with Crippen molar-refractivity contribution in [3.63, 3.8) is 0 Å². The Balaban J connectivity index is 1.46. The van der Waals surface area contributed by atoms with E-state index in [1.807, 2.05) is 43.3 Å². The Morgan fingerprint density at radius 1 is 1.21 bits per heavy atom. The van der Waals surface area contributed by atoms with Crippen molar-refractivity contribution in [1.82, 2.24) is 10.3 Å². The molecule has 0 unspecified atom stereocenters. The maximum absolute atomic E-state index is 13.4. The van der Waals surface area contributed by atoms with Gasteiger partial charge in [0, 0.05) is 12.2 Å². The van der Waals surface area contributed by atoms with Crippen LogP contribution in [0.5, 0.6) is 0 Å². The molecule has 0 radical (unpaired) electrons. The maximum Gasteiger partial charge on any atom is 0.270 e. The van der Waals surface area contributed by atoms with Gasteiger partial charge in [-0.25, -0.2) is 0 Å². The number of pyridine rings is 1. The smallest absolute Gasteiger partial charge is 0.270 e. The molecule has 1 N–H and O–H groups in total. The van der Waals surface area contributed by atoms with Crippen molar-refractivity contribution in [1.29, 1.82) is 0 Å². The lowest BCUT2D eigenvalue weighted by Gasteiger charge is -2.36. The van der Waals surface area contributed by atoms with Crippen LogP contribution in [0.4, 0.5) is 5.69 Å². The van der Waals surface area contributed by atoms with Gasteiger partial charge < -0.3 is 5.32 Å². The quantitative estimate of drug-likeness (QED) is 0.861. The predicted molar refractivity (Wildman–Crippen MR) is 113 cm³/mol. The van der Waals surface area contributed by atoms with E-state index in [9.17, 15) is 9.59 Å². The predicted octanol–water partition coefficient (Wildman–Crippen LogP) is 3.86. The molecule has 2 aliphatic rings. The number of carbonyl (C=O) groups excluding carboxylic acids is 2. The number of nitrogens with zero attached hydrogens (tertiary/aromatic N) is 3. The van der Waals surface area contributed by atoms with Crippen molar-refractivity contribution in [2.75, 3.05) is 5.01 Å². The van der Waals surface area contributed by atoms with Crippen molar-refractivity contribution in [2.45, 2.75) is 52.0 Å². The molecule has 0 saturated heterocycles. The maximum atomic E-state index is 13.4. The number of anilines is 1. The lowest BCUT2D eigenvalue weighted by Crippen LogP contribution is -2.47. The molecule has 6 nitrogen and oxygen atoms in total. The van der Waals surface area contributed by atoms with E-state index in [1.165, 1.54) is 0 Å². The largest absolute Gasteiger partial charge is 0.348 e.